The summed E-state index contributed by atoms with van der Waals surface area (Å²) in [6.07, 6.45) is 0.570. The zero-order valence-corrected chi connectivity index (χ0v) is 13.5. The zero-order chi connectivity index (χ0) is 15.1. The SMILES string of the molecule is Cc1c(Cl)cc(S(=O)(=O)N2CC[C@@H](N)C2)cc1[N+](=O)[O-].Cl. The lowest BCUT2D eigenvalue weighted by molar-refractivity contribution is -0.385. The summed E-state index contributed by atoms with van der Waals surface area (Å²) in [7, 11) is -3.80. The van der Waals surface area contributed by atoms with E-state index in [4.69, 9.17) is 17.3 Å². The van der Waals surface area contributed by atoms with Gasteiger partial charge in [0, 0.05) is 30.8 Å². The van der Waals surface area contributed by atoms with Crippen molar-refractivity contribution in [1.29, 1.82) is 0 Å². The van der Waals surface area contributed by atoms with Gasteiger partial charge >= 0.3 is 0 Å². The number of nitrogens with two attached hydrogens (primary N) is 1. The number of rotatable bonds is 3. The molecule has 1 aromatic rings. The Morgan fingerprint density at radius 2 is 2.10 bits per heavy atom. The summed E-state index contributed by atoms with van der Waals surface area (Å²) in [5.74, 6) is 0. The van der Waals surface area contributed by atoms with E-state index in [-0.39, 0.29) is 46.2 Å². The van der Waals surface area contributed by atoms with Gasteiger partial charge in [-0.15, -0.1) is 12.4 Å². The van der Waals surface area contributed by atoms with Crippen molar-refractivity contribution >= 4 is 39.7 Å². The first kappa shape index (κ1) is 18.1. The van der Waals surface area contributed by atoms with Crippen molar-refractivity contribution in [3.63, 3.8) is 0 Å². The van der Waals surface area contributed by atoms with Crippen LogP contribution in [-0.4, -0.2) is 36.8 Å². The van der Waals surface area contributed by atoms with E-state index in [1.54, 1.807) is 0 Å². The van der Waals surface area contributed by atoms with Crippen molar-refractivity contribution in [1.82, 2.24) is 4.31 Å². The molecule has 21 heavy (non-hydrogen) atoms. The lowest BCUT2D eigenvalue weighted by Crippen LogP contribution is -2.32. The fourth-order valence-electron chi connectivity index (χ4n) is 2.10. The maximum absolute atomic E-state index is 12.4. The predicted molar refractivity (Wildman–Crippen MR) is 81.4 cm³/mol. The van der Waals surface area contributed by atoms with Crippen LogP contribution in [-0.2, 0) is 10.0 Å². The van der Waals surface area contributed by atoms with E-state index in [2.05, 4.69) is 0 Å². The molecule has 0 saturated carbocycles. The summed E-state index contributed by atoms with van der Waals surface area (Å²) in [5.41, 5.74) is 5.63. The van der Waals surface area contributed by atoms with Gasteiger partial charge in [0.2, 0.25) is 10.0 Å². The second kappa shape index (κ2) is 6.45. The number of sulfonamides is 1. The third-order valence-electron chi connectivity index (χ3n) is 3.31. The van der Waals surface area contributed by atoms with E-state index in [9.17, 15) is 18.5 Å². The number of nitrogens with zero attached hydrogens (tertiary/aromatic N) is 2. The van der Waals surface area contributed by atoms with Gasteiger partial charge in [-0.25, -0.2) is 8.42 Å². The topological polar surface area (TPSA) is 107 Å². The highest BCUT2D eigenvalue weighted by Gasteiger charge is 2.32. The average molecular weight is 356 g/mol. The number of nitro groups is 1. The number of halogens is 2. The van der Waals surface area contributed by atoms with Crippen LogP contribution in [0.15, 0.2) is 17.0 Å². The third kappa shape index (κ3) is 3.46. The molecule has 0 aliphatic carbocycles. The number of benzene rings is 1. The van der Waals surface area contributed by atoms with Gasteiger partial charge in [-0.3, -0.25) is 10.1 Å². The summed E-state index contributed by atoms with van der Waals surface area (Å²) in [6, 6.07) is 2.07. The Labute approximate surface area is 133 Å². The van der Waals surface area contributed by atoms with E-state index in [1.807, 2.05) is 0 Å². The Morgan fingerprint density at radius 3 is 2.57 bits per heavy atom. The molecule has 1 aliphatic rings. The van der Waals surface area contributed by atoms with Crippen molar-refractivity contribution in [2.75, 3.05) is 13.1 Å². The third-order valence-corrected chi connectivity index (χ3v) is 5.55. The molecule has 0 spiro atoms. The highest BCUT2D eigenvalue weighted by atomic mass is 35.5. The van der Waals surface area contributed by atoms with Gasteiger partial charge in [0.25, 0.3) is 5.69 Å². The van der Waals surface area contributed by atoms with Gasteiger partial charge in [0.15, 0.2) is 0 Å². The second-order valence-corrected chi connectivity index (χ2v) is 7.06. The molecule has 1 heterocycles. The molecule has 0 aromatic heterocycles. The summed E-state index contributed by atoms with van der Waals surface area (Å²) in [5, 5.41) is 11.0. The van der Waals surface area contributed by atoms with Gasteiger partial charge in [-0.1, -0.05) is 11.6 Å². The molecule has 2 N–H and O–H groups in total. The molecule has 118 valence electrons. The van der Waals surface area contributed by atoms with Crippen molar-refractivity contribution in [2.24, 2.45) is 5.73 Å². The van der Waals surface area contributed by atoms with Gasteiger partial charge in [0.1, 0.15) is 0 Å². The van der Waals surface area contributed by atoms with E-state index < -0.39 is 14.9 Å². The first-order valence-corrected chi connectivity index (χ1v) is 7.75. The Balaban J connectivity index is 0.00000220. The van der Waals surface area contributed by atoms with Gasteiger partial charge < -0.3 is 5.73 Å². The molecule has 1 atom stereocenters. The number of hydrogen-bond acceptors (Lipinski definition) is 5. The minimum atomic E-state index is -3.80. The Kier molecular flexibility index (Phi) is 5.57. The molecule has 1 aliphatic heterocycles. The van der Waals surface area contributed by atoms with Crippen LogP contribution in [0.1, 0.15) is 12.0 Å². The van der Waals surface area contributed by atoms with E-state index in [0.717, 1.165) is 6.07 Å². The highest BCUT2D eigenvalue weighted by molar-refractivity contribution is 7.89. The normalized spacial score (nSPS) is 19.3. The van der Waals surface area contributed by atoms with Crippen molar-refractivity contribution < 1.29 is 13.3 Å². The standard InChI is InChI=1S/C11H14ClN3O4S.ClH/c1-7-10(12)4-9(5-11(7)15(16)17)20(18,19)14-3-2-8(13)6-14;/h4-5,8H,2-3,6,13H2,1H3;1H/t8-;/m1./s1. The van der Waals surface area contributed by atoms with Crippen LogP contribution in [0.25, 0.3) is 0 Å². The zero-order valence-electron chi connectivity index (χ0n) is 11.2. The summed E-state index contributed by atoms with van der Waals surface area (Å²) >= 11 is 5.89. The van der Waals surface area contributed by atoms with Crippen LogP contribution < -0.4 is 5.73 Å². The minimum Gasteiger partial charge on any atom is -0.326 e. The first-order chi connectivity index (χ1) is 9.23. The van der Waals surface area contributed by atoms with Crippen LogP contribution in [0, 0.1) is 17.0 Å². The van der Waals surface area contributed by atoms with Gasteiger partial charge in [0.05, 0.1) is 14.8 Å². The second-order valence-electron chi connectivity index (χ2n) is 4.72. The first-order valence-electron chi connectivity index (χ1n) is 5.93. The maximum Gasteiger partial charge on any atom is 0.275 e. The molecule has 0 bridgehead atoms. The van der Waals surface area contributed by atoms with Crippen LogP contribution in [0.3, 0.4) is 0 Å². The maximum atomic E-state index is 12.4. The summed E-state index contributed by atoms with van der Waals surface area (Å²) < 4.78 is 26.0. The Hall–Kier alpha value is -0.930. The monoisotopic (exact) mass is 355 g/mol. The molecule has 0 amide bonds. The van der Waals surface area contributed by atoms with Gasteiger partial charge in [-0.05, 0) is 19.4 Å². The fraction of sp³-hybridized carbons (Fsp3) is 0.455. The van der Waals surface area contributed by atoms with Crippen LogP contribution >= 0.6 is 24.0 Å². The van der Waals surface area contributed by atoms with Crippen molar-refractivity contribution in [3.05, 3.63) is 32.8 Å². The van der Waals surface area contributed by atoms with E-state index in [1.165, 1.54) is 17.3 Å². The van der Waals surface area contributed by atoms with Crippen molar-refractivity contribution in [3.8, 4) is 0 Å². The minimum absolute atomic E-state index is 0. The van der Waals surface area contributed by atoms with Crippen LogP contribution in [0.4, 0.5) is 5.69 Å². The molecule has 0 radical (unpaired) electrons. The van der Waals surface area contributed by atoms with Gasteiger partial charge in [-0.2, -0.15) is 4.31 Å². The smallest absolute Gasteiger partial charge is 0.275 e. The molecule has 7 nitrogen and oxygen atoms in total. The highest BCUT2D eigenvalue weighted by Crippen LogP contribution is 2.31. The van der Waals surface area contributed by atoms with Crippen LogP contribution in [0.2, 0.25) is 5.02 Å². The predicted octanol–water partition coefficient (Wildman–Crippen LogP) is 1.70. The van der Waals surface area contributed by atoms with Crippen LogP contribution in [0.5, 0.6) is 0 Å². The molecule has 1 saturated heterocycles. The quantitative estimate of drug-likeness (QED) is 0.655. The molecule has 0 unspecified atom stereocenters. The molecule has 1 fully saturated rings. The average Bonchev–Trinajstić information content (AvgIpc) is 2.79. The van der Waals surface area contributed by atoms with E-state index >= 15 is 0 Å². The molecule has 2 rings (SSSR count). The number of nitro benzene ring substituents is 1. The van der Waals surface area contributed by atoms with E-state index in [0.29, 0.717) is 13.0 Å². The summed E-state index contributed by atoms with van der Waals surface area (Å²) in [6.45, 7) is 1.99. The lowest BCUT2D eigenvalue weighted by atomic mass is 10.2. The lowest BCUT2D eigenvalue weighted by Gasteiger charge is -2.16. The fourth-order valence-corrected chi connectivity index (χ4v) is 3.94. The molecule has 10 heteroatoms. The largest absolute Gasteiger partial charge is 0.326 e. The number of hydrogen-bond donors (Lipinski definition) is 1. The Bertz CT molecular complexity index is 666. The molecular formula is C11H15Cl2N3O4S. The molecule has 1 aromatic carbocycles. The van der Waals surface area contributed by atoms with Crippen molar-refractivity contribution in [2.45, 2.75) is 24.3 Å². The Morgan fingerprint density at radius 1 is 1.48 bits per heavy atom. The summed E-state index contributed by atoms with van der Waals surface area (Å²) in [4.78, 5) is 10.1. The molecular weight excluding hydrogens is 341 g/mol.